The summed E-state index contributed by atoms with van der Waals surface area (Å²) in [6, 6.07) is 0. The standard InChI is InChI=1S/C11H21NO2S/c1-9(2)11(13)15-7-4-10-8-12(3)5-6-14-10/h9-10H,4-8H2,1-3H3. The van der Waals surface area contributed by atoms with Crippen LogP contribution in [0.5, 0.6) is 0 Å². The fourth-order valence-electron chi connectivity index (χ4n) is 1.50. The fraction of sp³-hybridized carbons (Fsp3) is 0.909. The van der Waals surface area contributed by atoms with Crippen molar-refractivity contribution in [2.45, 2.75) is 26.4 Å². The molecule has 0 saturated carbocycles. The Balaban J connectivity index is 2.11. The third-order valence-electron chi connectivity index (χ3n) is 2.50. The van der Waals surface area contributed by atoms with Crippen LogP contribution in [0.4, 0.5) is 0 Å². The normalized spacial score (nSPS) is 23.3. The molecule has 0 spiro atoms. The average Bonchev–Trinajstić information content (AvgIpc) is 2.17. The zero-order valence-electron chi connectivity index (χ0n) is 9.86. The molecule has 15 heavy (non-hydrogen) atoms. The molecule has 0 aromatic rings. The van der Waals surface area contributed by atoms with Crippen LogP contribution in [-0.2, 0) is 9.53 Å². The van der Waals surface area contributed by atoms with Gasteiger partial charge in [-0.25, -0.2) is 0 Å². The van der Waals surface area contributed by atoms with Gasteiger partial charge in [0.05, 0.1) is 12.7 Å². The Kier molecular flexibility index (Phi) is 5.64. The van der Waals surface area contributed by atoms with E-state index in [1.54, 1.807) is 0 Å². The van der Waals surface area contributed by atoms with Crippen molar-refractivity contribution in [3.8, 4) is 0 Å². The minimum absolute atomic E-state index is 0.143. The van der Waals surface area contributed by atoms with Crippen LogP contribution in [0.25, 0.3) is 0 Å². The molecule has 0 aliphatic carbocycles. The van der Waals surface area contributed by atoms with Crippen molar-refractivity contribution in [3.05, 3.63) is 0 Å². The van der Waals surface area contributed by atoms with Crippen molar-refractivity contribution in [2.24, 2.45) is 5.92 Å². The number of carbonyl (C=O) groups is 1. The molecule has 0 aromatic carbocycles. The summed E-state index contributed by atoms with van der Waals surface area (Å²) in [4.78, 5) is 13.6. The second kappa shape index (κ2) is 6.51. The first-order chi connectivity index (χ1) is 7.09. The van der Waals surface area contributed by atoms with Crippen molar-refractivity contribution in [2.75, 3.05) is 32.5 Å². The molecular weight excluding hydrogens is 210 g/mol. The molecule has 0 amide bonds. The van der Waals surface area contributed by atoms with Gasteiger partial charge in [0.15, 0.2) is 5.12 Å². The molecule has 0 N–H and O–H groups in total. The molecular formula is C11H21NO2S. The van der Waals surface area contributed by atoms with Gasteiger partial charge < -0.3 is 9.64 Å². The predicted molar refractivity (Wildman–Crippen MR) is 64.2 cm³/mol. The van der Waals surface area contributed by atoms with Crippen LogP contribution in [0.15, 0.2) is 0 Å². The Morgan fingerprint density at radius 1 is 1.60 bits per heavy atom. The highest BCUT2D eigenvalue weighted by Gasteiger charge is 2.18. The first-order valence-electron chi connectivity index (χ1n) is 5.56. The summed E-state index contributed by atoms with van der Waals surface area (Å²) >= 11 is 1.44. The fourth-order valence-corrected chi connectivity index (χ4v) is 2.41. The molecule has 1 unspecified atom stereocenters. The molecule has 0 aromatic heterocycles. The van der Waals surface area contributed by atoms with Gasteiger partial charge in [-0.3, -0.25) is 4.79 Å². The van der Waals surface area contributed by atoms with Gasteiger partial charge in [-0.2, -0.15) is 0 Å². The van der Waals surface area contributed by atoms with Crippen molar-refractivity contribution < 1.29 is 9.53 Å². The summed E-state index contributed by atoms with van der Waals surface area (Å²) in [5.74, 6) is 1.03. The maximum atomic E-state index is 11.4. The van der Waals surface area contributed by atoms with Crippen LogP contribution in [0.1, 0.15) is 20.3 Å². The average molecular weight is 231 g/mol. The van der Waals surface area contributed by atoms with Crippen LogP contribution in [0.3, 0.4) is 0 Å². The second-order valence-corrected chi connectivity index (χ2v) is 5.47. The van der Waals surface area contributed by atoms with E-state index in [9.17, 15) is 4.79 Å². The van der Waals surface area contributed by atoms with Crippen LogP contribution >= 0.6 is 11.8 Å². The Labute approximate surface area is 96.5 Å². The maximum Gasteiger partial charge on any atom is 0.191 e. The number of morpholine rings is 1. The summed E-state index contributed by atoms with van der Waals surface area (Å²) in [6.45, 7) is 6.73. The van der Waals surface area contributed by atoms with E-state index >= 15 is 0 Å². The highest BCUT2D eigenvalue weighted by Crippen LogP contribution is 2.15. The van der Waals surface area contributed by atoms with Crippen LogP contribution in [0.2, 0.25) is 0 Å². The minimum atomic E-state index is 0.143. The number of ether oxygens (including phenoxy) is 1. The minimum Gasteiger partial charge on any atom is -0.376 e. The molecule has 0 radical (unpaired) electrons. The molecule has 3 nitrogen and oxygen atoms in total. The van der Waals surface area contributed by atoms with Gasteiger partial charge in [0.2, 0.25) is 0 Å². The van der Waals surface area contributed by atoms with Gasteiger partial charge in [0.25, 0.3) is 0 Å². The van der Waals surface area contributed by atoms with E-state index in [4.69, 9.17) is 4.74 Å². The van der Waals surface area contributed by atoms with Crippen molar-refractivity contribution in [1.29, 1.82) is 0 Å². The molecule has 1 heterocycles. The summed E-state index contributed by atoms with van der Waals surface area (Å²) in [7, 11) is 2.11. The molecule has 1 rings (SSSR count). The van der Waals surface area contributed by atoms with E-state index < -0.39 is 0 Å². The predicted octanol–water partition coefficient (Wildman–Crippen LogP) is 1.62. The highest BCUT2D eigenvalue weighted by molar-refractivity contribution is 8.13. The molecule has 88 valence electrons. The first kappa shape index (κ1) is 13.0. The third kappa shape index (κ3) is 5.00. The van der Waals surface area contributed by atoms with Gasteiger partial charge in [0, 0.05) is 24.8 Å². The Morgan fingerprint density at radius 2 is 2.33 bits per heavy atom. The zero-order chi connectivity index (χ0) is 11.3. The van der Waals surface area contributed by atoms with Crippen molar-refractivity contribution in [1.82, 2.24) is 4.90 Å². The van der Waals surface area contributed by atoms with Gasteiger partial charge in [0.1, 0.15) is 0 Å². The Bertz CT molecular complexity index is 209. The third-order valence-corrected chi connectivity index (χ3v) is 3.69. The summed E-state index contributed by atoms with van der Waals surface area (Å²) in [5, 5.41) is 0.291. The lowest BCUT2D eigenvalue weighted by molar-refractivity contribution is -0.113. The number of likely N-dealkylation sites (N-methyl/N-ethyl adjacent to an activating group) is 1. The number of hydrogen-bond donors (Lipinski definition) is 0. The van der Waals surface area contributed by atoms with Crippen molar-refractivity contribution >= 4 is 16.9 Å². The number of thioether (sulfide) groups is 1. The van der Waals surface area contributed by atoms with E-state index in [1.807, 2.05) is 13.8 Å². The van der Waals surface area contributed by atoms with Gasteiger partial charge in [-0.1, -0.05) is 25.6 Å². The molecule has 1 aliphatic heterocycles. The Hall–Kier alpha value is -0.0600. The Morgan fingerprint density at radius 3 is 2.93 bits per heavy atom. The first-order valence-corrected chi connectivity index (χ1v) is 6.55. The van der Waals surface area contributed by atoms with Crippen LogP contribution in [0, 0.1) is 5.92 Å². The largest absolute Gasteiger partial charge is 0.376 e. The molecule has 1 aliphatic rings. The lowest BCUT2D eigenvalue weighted by atomic mass is 10.2. The molecule has 1 fully saturated rings. The monoisotopic (exact) mass is 231 g/mol. The summed E-state index contributed by atoms with van der Waals surface area (Å²) in [6.07, 6.45) is 1.30. The zero-order valence-corrected chi connectivity index (χ0v) is 10.7. The lowest BCUT2D eigenvalue weighted by Crippen LogP contribution is -2.40. The summed E-state index contributed by atoms with van der Waals surface area (Å²) in [5.41, 5.74) is 0. The lowest BCUT2D eigenvalue weighted by Gasteiger charge is -2.29. The summed E-state index contributed by atoms with van der Waals surface area (Å²) < 4.78 is 5.62. The number of rotatable bonds is 4. The number of carbonyl (C=O) groups excluding carboxylic acids is 1. The van der Waals surface area contributed by atoms with E-state index in [0.29, 0.717) is 11.2 Å². The number of nitrogens with zero attached hydrogens (tertiary/aromatic N) is 1. The van der Waals surface area contributed by atoms with Crippen LogP contribution < -0.4 is 0 Å². The van der Waals surface area contributed by atoms with E-state index in [0.717, 1.165) is 31.9 Å². The highest BCUT2D eigenvalue weighted by atomic mass is 32.2. The van der Waals surface area contributed by atoms with E-state index in [-0.39, 0.29) is 5.92 Å². The number of hydrogen-bond acceptors (Lipinski definition) is 4. The van der Waals surface area contributed by atoms with E-state index in [1.165, 1.54) is 11.8 Å². The maximum absolute atomic E-state index is 11.4. The topological polar surface area (TPSA) is 29.5 Å². The molecule has 4 heteroatoms. The molecule has 1 saturated heterocycles. The van der Waals surface area contributed by atoms with Crippen LogP contribution in [-0.4, -0.2) is 48.6 Å². The SMILES string of the molecule is CC(C)C(=O)SCCC1CN(C)CCO1. The quantitative estimate of drug-likeness (QED) is 0.735. The molecule has 1 atom stereocenters. The second-order valence-electron chi connectivity index (χ2n) is 4.37. The van der Waals surface area contributed by atoms with Gasteiger partial charge in [-0.15, -0.1) is 0 Å². The van der Waals surface area contributed by atoms with E-state index in [2.05, 4.69) is 11.9 Å². The molecule has 0 bridgehead atoms. The van der Waals surface area contributed by atoms with Gasteiger partial charge in [-0.05, 0) is 13.5 Å². The van der Waals surface area contributed by atoms with Gasteiger partial charge >= 0.3 is 0 Å². The smallest absolute Gasteiger partial charge is 0.191 e. The van der Waals surface area contributed by atoms with Crippen molar-refractivity contribution in [3.63, 3.8) is 0 Å².